The zero-order valence-electron chi connectivity index (χ0n) is 28.0. The van der Waals surface area contributed by atoms with Gasteiger partial charge in [-0.05, 0) is 0 Å². The van der Waals surface area contributed by atoms with E-state index in [2.05, 4.69) is 20.6 Å². The Hall–Kier alpha value is -6.70. The molecule has 14 nitrogen and oxygen atoms in total. The molecule has 2 heterocycles. The minimum atomic E-state index is -0.720. The molecule has 50 heavy (non-hydrogen) atoms. The van der Waals surface area contributed by atoms with Gasteiger partial charge in [0.05, 0.1) is 88.7 Å². The van der Waals surface area contributed by atoms with Crippen molar-refractivity contribution in [2.45, 2.75) is 0 Å². The number of carbonyl (C=O) groups excluding carboxylic acids is 2. The third kappa shape index (κ3) is 5.83. The molecule has 0 aliphatic heterocycles. The fourth-order valence-electron chi connectivity index (χ4n) is 5.67. The molecule has 2 aromatic heterocycles. The van der Waals surface area contributed by atoms with Gasteiger partial charge in [-0.1, -0.05) is 71.1 Å². The Kier molecular flexibility index (Phi) is 9.43. The van der Waals surface area contributed by atoms with E-state index in [1.54, 1.807) is 12.4 Å². The third-order valence-electron chi connectivity index (χ3n) is 7.93. The van der Waals surface area contributed by atoms with Crippen LogP contribution in [0.2, 0.25) is 0 Å². The van der Waals surface area contributed by atoms with Crippen LogP contribution in [0.3, 0.4) is 0 Å². The number of hydrogen-bond acceptors (Lipinski definition) is 12. The fourth-order valence-corrected chi connectivity index (χ4v) is 5.67. The first kappa shape index (κ1) is 33.2. The first-order valence-corrected chi connectivity index (χ1v) is 15.1. The van der Waals surface area contributed by atoms with E-state index in [1.165, 1.54) is 64.2 Å². The summed E-state index contributed by atoms with van der Waals surface area (Å²) in [4.78, 5) is 27.2. The van der Waals surface area contributed by atoms with Crippen molar-refractivity contribution >= 4 is 11.9 Å². The van der Waals surface area contributed by atoms with Gasteiger partial charge >= 0.3 is 11.9 Å². The average molecular weight is 677 g/mol. The van der Waals surface area contributed by atoms with Crippen LogP contribution in [0.15, 0.2) is 85.2 Å². The monoisotopic (exact) mass is 676 g/mol. The smallest absolute Gasteiger partial charge is 0.340 e. The second-order valence-electron chi connectivity index (χ2n) is 10.6. The van der Waals surface area contributed by atoms with Gasteiger partial charge in [-0.2, -0.15) is 0 Å². The zero-order chi connectivity index (χ0) is 35.4. The van der Waals surface area contributed by atoms with Crippen LogP contribution in [-0.2, 0) is 9.47 Å². The van der Waals surface area contributed by atoms with Crippen molar-refractivity contribution in [3.63, 3.8) is 0 Å². The zero-order valence-corrected chi connectivity index (χ0v) is 28.0. The maximum atomic E-state index is 13.6. The number of benzene rings is 4. The Bertz CT molecular complexity index is 2030. The molecule has 254 valence electrons. The lowest BCUT2D eigenvalue weighted by Gasteiger charge is -2.25. The lowest BCUT2D eigenvalue weighted by molar-refractivity contribution is 0.0591. The summed E-state index contributed by atoms with van der Waals surface area (Å²) in [6, 6.07) is 21.7. The van der Waals surface area contributed by atoms with Crippen molar-refractivity contribution in [1.82, 2.24) is 30.0 Å². The molecule has 0 saturated heterocycles. The predicted octanol–water partition coefficient (Wildman–Crippen LogP) is 5.46. The summed E-state index contributed by atoms with van der Waals surface area (Å²) in [6.45, 7) is 0. The van der Waals surface area contributed by atoms with Crippen LogP contribution in [0, 0.1) is 0 Å². The second-order valence-corrected chi connectivity index (χ2v) is 10.6. The van der Waals surface area contributed by atoms with E-state index in [1.807, 2.05) is 60.7 Å². The van der Waals surface area contributed by atoms with Crippen LogP contribution in [0.4, 0.5) is 0 Å². The molecule has 0 spiro atoms. The molecule has 0 N–H and O–H groups in total. The van der Waals surface area contributed by atoms with Crippen molar-refractivity contribution in [2.24, 2.45) is 0 Å². The van der Waals surface area contributed by atoms with Crippen molar-refractivity contribution in [3.8, 4) is 68.0 Å². The number of nitrogens with zero attached hydrogens (tertiary/aromatic N) is 6. The highest BCUT2D eigenvalue weighted by Gasteiger charge is 2.35. The molecule has 0 unspecified atom stereocenters. The standard InChI is InChI=1S/C36H32N6O8/c1-45-27-17-23(35(43)49-5)31(41-19-25(37-39-41)21-13-9-7-10-14-21)29(33(27)47-3)30-32(24(36(44)50-6)18-28(46-2)34(30)48-4)42-20-26(38-40-42)22-15-11-8-12-16-22/h7-20H,1-6H3. The molecule has 14 heteroatoms. The third-order valence-corrected chi connectivity index (χ3v) is 7.93. The highest BCUT2D eigenvalue weighted by Crippen LogP contribution is 2.53. The van der Waals surface area contributed by atoms with E-state index in [9.17, 15) is 9.59 Å². The molecule has 6 rings (SSSR count). The van der Waals surface area contributed by atoms with Gasteiger partial charge < -0.3 is 28.4 Å². The second kappa shape index (κ2) is 14.2. The number of aromatic nitrogens is 6. The summed E-state index contributed by atoms with van der Waals surface area (Å²) < 4.78 is 36.9. The van der Waals surface area contributed by atoms with Crippen LogP contribution >= 0.6 is 0 Å². The quantitative estimate of drug-likeness (QED) is 0.160. The minimum absolute atomic E-state index is 0.0312. The van der Waals surface area contributed by atoms with Crippen LogP contribution in [0.5, 0.6) is 23.0 Å². The maximum absolute atomic E-state index is 13.6. The minimum Gasteiger partial charge on any atom is -0.493 e. The van der Waals surface area contributed by atoms with E-state index in [0.717, 1.165) is 11.1 Å². The van der Waals surface area contributed by atoms with Crippen LogP contribution in [-0.4, -0.2) is 84.6 Å². The van der Waals surface area contributed by atoms with Gasteiger partial charge in [0.2, 0.25) is 0 Å². The van der Waals surface area contributed by atoms with Gasteiger partial charge in [-0.3, -0.25) is 0 Å². The molecule has 4 aromatic carbocycles. The summed E-state index contributed by atoms with van der Waals surface area (Å²) in [6.07, 6.45) is 3.31. The topological polar surface area (TPSA) is 151 Å². The SMILES string of the molecule is COC(=O)c1cc(OC)c(OC)c(-c2c(OC)c(OC)cc(C(=O)OC)c2-n2cc(-c3ccccc3)nn2)c1-n1cc(-c2ccccc2)nn1. The summed E-state index contributed by atoms with van der Waals surface area (Å²) in [5.41, 5.74) is 3.37. The Morgan fingerprint density at radius 3 is 1.24 bits per heavy atom. The highest BCUT2D eigenvalue weighted by atomic mass is 16.5. The lowest BCUT2D eigenvalue weighted by Crippen LogP contribution is -2.16. The average Bonchev–Trinajstić information content (AvgIpc) is 3.87. The Morgan fingerprint density at radius 2 is 0.920 bits per heavy atom. The summed E-state index contributed by atoms with van der Waals surface area (Å²) in [5, 5.41) is 17.7. The van der Waals surface area contributed by atoms with Gasteiger partial charge in [0.1, 0.15) is 11.4 Å². The van der Waals surface area contributed by atoms with Gasteiger partial charge in [0, 0.05) is 23.3 Å². The van der Waals surface area contributed by atoms with E-state index in [0.29, 0.717) is 11.4 Å². The largest absolute Gasteiger partial charge is 0.493 e. The maximum Gasteiger partial charge on any atom is 0.340 e. The predicted molar refractivity (Wildman–Crippen MR) is 181 cm³/mol. The molecule has 0 aliphatic rings. The van der Waals surface area contributed by atoms with Crippen LogP contribution in [0.25, 0.3) is 45.0 Å². The van der Waals surface area contributed by atoms with E-state index < -0.39 is 11.9 Å². The fraction of sp³-hybridized carbons (Fsp3) is 0.167. The van der Waals surface area contributed by atoms with E-state index in [4.69, 9.17) is 28.4 Å². The highest BCUT2D eigenvalue weighted by molar-refractivity contribution is 6.06. The summed E-state index contributed by atoms with van der Waals surface area (Å²) in [5.74, 6) is -0.814. The number of hydrogen-bond donors (Lipinski definition) is 0. The van der Waals surface area contributed by atoms with Gasteiger partial charge in [-0.15, -0.1) is 10.2 Å². The van der Waals surface area contributed by atoms with E-state index >= 15 is 0 Å². The lowest BCUT2D eigenvalue weighted by atomic mass is 9.92. The molecule has 0 atom stereocenters. The van der Waals surface area contributed by atoms with Gasteiger partial charge in [0.15, 0.2) is 23.0 Å². The number of ether oxygens (including phenoxy) is 6. The van der Waals surface area contributed by atoms with Crippen LogP contribution in [0.1, 0.15) is 20.7 Å². The number of esters is 2. The van der Waals surface area contributed by atoms with E-state index in [-0.39, 0.29) is 56.6 Å². The van der Waals surface area contributed by atoms with Crippen molar-refractivity contribution in [1.29, 1.82) is 0 Å². The molecular formula is C36H32N6O8. The molecule has 0 aliphatic carbocycles. The number of methoxy groups -OCH3 is 6. The summed E-state index contributed by atoms with van der Waals surface area (Å²) in [7, 11) is 8.25. The first-order valence-electron chi connectivity index (χ1n) is 15.1. The van der Waals surface area contributed by atoms with Crippen LogP contribution < -0.4 is 18.9 Å². The Labute approximate surface area is 286 Å². The Balaban J connectivity index is 1.81. The summed E-state index contributed by atoms with van der Waals surface area (Å²) >= 11 is 0. The molecule has 0 amide bonds. The first-order chi connectivity index (χ1) is 24.4. The van der Waals surface area contributed by atoms with Crippen molar-refractivity contribution in [3.05, 3.63) is 96.3 Å². The Morgan fingerprint density at radius 1 is 0.540 bits per heavy atom. The molecule has 6 aromatic rings. The molecule has 0 fully saturated rings. The van der Waals surface area contributed by atoms with Gasteiger partial charge in [0.25, 0.3) is 0 Å². The molecule has 0 bridgehead atoms. The normalized spacial score (nSPS) is 10.8. The number of carbonyl (C=O) groups is 2. The van der Waals surface area contributed by atoms with Crippen molar-refractivity contribution < 1.29 is 38.0 Å². The molecule has 0 saturated carbocycles. The molecule has 0 radical (unpaired) electrons. The van der Waals surface area contributed by atoms with Crippen molar-refractivity contribution in [2.75, 3.05) is 42.7 Å². The molecular weight excluding hydrogens is 644 g/mol. The van der Waals surface area contributed by atoms with Gasteiger partial charge in [-0.25, -0.2) is 19.0 Å². The number of rotatable bonds is 11.